The molecule has 0 bridgehead atoms. The number of aliphatic hydroxyl groups excluding tert-OH is 11. The average Bonchev–Trinajstić information content (AvgIpc) is 0.794. The van der Waals surface area contributed by atoms with Gasteiger partial charge in [-0.2, -0.15) is 0 Å². The summed E-state index contributed by atoms with van der Waals surface area (Å²) in [5.41, 5.74) is 0. The maximum Gasteiger partial charge on any atom is 0.220 e. The topological polar surface area (TPSA) is 307 Å². The molecule has 3 aliphatic heterocycles. The molecule has 17 unspecified atom stereocenters. The second kappa shape index (κ2) is 56.5. The zero-order chi connectivity index (χ0) is 68.2. The van der Waals surface area contributed by atoms with Crippen molar-refractivity contribution in [3.63, 3.8) is 0 Å². The number of unbranched alkanes of at least 4 members (excludes halogenated alkanes) is 37. The van der Waals surface area contributed by atoms with Crippen LogP contribution in [0.4, 0.5) is 0 Å². The van der Waals surface area contributed by atoms with Crippen molar-refractivity contribution >= 4 is 5.91 Å². The molecule has 0 aromatic rings. The van der Waals surface area contributed by atoms with Gasteiger partial charge in [0.2, 0.25) is 5.91 Å². The smallest absolute Gasteiger partial charge is 0.220 e. The summed E-state index contributed by atoms with van der Waals surface area (Å²) in [6.07, 6.45) is 42.7. The first-order valence-corrected chi connectivity index (χ1v) is 37.9. The van der Waals surface area contributed by atoms with Crippen LogP contribution in [0.2, 0.25) is 0 Å². The average molecular weight is 1340 g/mol. The van der Waals surface area contributed by atoms with Crippen LogP contribution in [0.25, 0.3) is 0 Å². The number of hydrogen-bond acceptors (Lipinski definition) is 18. The summed E-state index contributed by atoms with van der Waals surface area (Å²) < 4.78 is 34.3. The number of rotatable bonds is 59. The summed E-state index contributed by atoms with van der Waals surface area (Å²) in [6, 6.07) is -0.971. The molecule has 19 nitrogen and oxygen atoms in total. The van der Waals surface area contributed by atoms with Gasteiger partial charge < -0.3 is 89.9 Å². The van der Waals surface area contributed by atoms with Gasteiger partial charge >= 0.3 is 0 Å². The van der Waals surface area contributed by atoms with E-state index in [0.717, 1.165) is 57.8 Å². The first-order chi connectivity index (χ1) is 45.8. The number of nitrogens with one attached hydrogen (secondary N) is 1. The maximum atomic E-state index is 13.4. The normalized spacial score (nSPS) is 27.6. The zero-order valence-electron chi connectivity index (χ0n) is 58.4. The SMILES string of the molecule is CCCCCCC/C=C\C/C=C\C/C=C\CCCCCCCCCCCCCCCCCCCCCCCCC(=O)NC(COC1OC(CO)C(OC2OC(CO)C(OC3OC(CO)C(O)C(O)C3O)C(O)C2O)C(O)C1O)C(O)/C=C/CCCCCCCCCCCC. The summed E-state index contributed by atoms with van der Waals surface area (Å²) in [5.74, 6) is -0.273. The van der Waals surface area contributed by atoms with Gasteiger partial charge in [0.25, 0.3) is 0 Å². The van der Waals surface area contributed by atoms with Crippen molar-refractivity contribution in [3.05, 3.63) is 48.6 Å². The van der Waals surface area contributed by atoms with Gasteiger partial charge in [-0.25, -0.2) is 0 Å². The largest absolute Gasteiger partial charge is 0.394 e. The van der Waals surface area contributed by atoms with E-state index in [1.807, 2.05) is 6.08 Å². The molecular formula is C75H137NO18. The Morgan fingerprint density at radius 3 is 1.10 bits per heavy atom. The standard InChI is InChI=1S/C75H137NO18/c1-3-5-7-9-11-13-15-17-18-19-20-21-22-23-24-25-26-27-28-29-30-31-32-33-34-35-36-37-38-39-40-41-43-45-47-49-51-53-63(81)76-58(59(80)52-50-48-46-44-42-16-14-12-10-8-6-4-2)57-89-73-69(87)66(84)71(61(55-78)91-73)94-75-70(88)67(85)72(62(56-79)92-75)93-74-68(86)65(83)64(82)60(54-77)90-74/h15,17,19-20,22-23,50,52,58-62,64-75,77-80,82-88H,3-14,16,18,21,24-49,51,53-57H2,1-2H3,(H,76,81)/b17-15-,20-19-,23-22-,52-50+. The fourth-order valence-electron chi connectivity index (χ4n) is 12.7. The fraction of sp³-hybridized carbons (Fsp3) is 0.880. The van der Waals surface area contributed by atoms with Gasteiger partial charge in [0, 0.05) is 6.42 Å². The molecule has 17 atom stereocenters. The molecule has 1 amide bonds. The molecule has 0 aromatic carbocycles. The Labute approximate surface area is 567 Å². The second-order valence-electron chi connectivity index (χ2n) is 27.1. The highest BCUT2D eigenvalue weighted by Gasteiger charge is 2.53. The molecule has 0 aliphatic carbocycles. The molecule has 0 aromatic heterocycles. The number of amides is 1. The van der Waals surface area contributed by atoms with Crippen LogP contribution in [0, 0.1) is 0 Å². The molecule has 12 N–H and O–H groups in total. The predicted octanol–water partition coefficient (Wildman–Crippen LogP) is 11.3. The van der Waals surface area contributed by atoms with E-state index in [4.69, 9.17) is 28.4 Å². The molecule has 19 heteroatoms. The Balaban J connectivity index is 1.30. The summed E-state index contributed by atoms with van der Waals surface area (Å²) in [7, 11) is 0. The highest BCUT2D eigenvalue weighted by Crippen LogP contribution is 2.33. The number of carbonyl (C=O) groups excluding carboxylic acids is 1. The van der Waals surface area contributed by atoms with Crippen LogP contribution in [0.5, 0.6) is 0 Å². The van der Waals surface area contributed by atoms with Crippen LogP contribution in [-0.2, 0) is 33.2 Å². The van der Waals surface area contributed by atoms with Crippen LogP contribution < -0.4 is 5.32 Å². The van der Waals surface area contributed by atoms with E-state index < -0.39 is 124 Å². The molecule has 0 radical (unpaired) electrons. The van der Waals surface area contributed by atoms with Gasteiger partial charge in [0.15, 0.2) is 18.9 Å². The molecule has 3 saturated heterocycles. The van der Waals surface area contributed by atoms with Crippen molar-refractivity contribution in [1.82, 2.24) is 5.32 Å². The Kier molecular flexibility index (Phi) is 51.7. The molecule has 0 spiro atoms. The van der Waals surface area contributed by atoms with E-state index >= 15 is 0 Å². The first-order valence-electron chi connectivity index (χ1n) is 37.9. The molecule has 94 heavy (non-hydrogen) atoms. The van der Waals surface area contributed by atoms with Crippen molar-refractivity contribution in [3.8, 4) is 0 Å². The van der Waals surface area contributed by atoms with Crippen LogP contribution in [0.3, 0.4) is 0 Å². The van der Waals surface area contributed by atoms with Crippen molar-refractivity contribution in [2.24, 2.45) is 0 Å². The maximum absolute atomic E-state index is 13.4. The Morgan fingerprint density at radius 2 is 0.702 bits per heavy atom. The Morgan fingerprint density at radius 1 is 0.383 bits per heavy atom. The molecule has 550 valence electrons. The molecule has 0 saturated carbocycles. The number of aliphatic hydroxyl groups is 11. The van der Waals surface area contributed by atoms with E-state index in [2.05, 4.69) is 55.6 Å². The van der Waals surface area contributed by atoms with Crippen LogP contribution in [-0.4, -0.2) is 193 Å². The molecule has 3 rings (SSSR count). The van der Waals surface area contributed by atoms with Crippen LogP contribution >= 0.6 is 0 Å². The fourth-order valence-corrected chi connectivity index (χ4v) is 12.7. The third-order valence-electron chi connectivity index (χ3n) is 18.9. The quantitative estimate of drug-likeness (QED) is 0.0199. The molecule has 3 heterocycles. The van der Waals surface area contributed by atoms with Gasteiger partial charge in [-0.3, -0.25) is 4.79 Å². The van der Waals surface area contributed by atoms with E-state index in [1.165, 1.54) is 205 Å². The summed E-state index contributed by atoms with van der Waals surface area (Å²) >= 11 is 0. The van der Waals surface area contributed by atoms with Gasteiger partial charge in [-0.05, 0) is 57.8 Å². The first kappa shape index (κ1) is 86.0. The number of hydrogen-bond donors (Lipinski definition) is 12. The number of allylic oxidation sites excluding steroid dienone is 7. The third-order valence-corrected chi connectivity index (χ3v) is 18.9. The van der Waals surface area contributed by atoms with Crippen molar-refractivity contribution in [2.45, 2.75) is 394 Å². The molecular weight excluding hydrogens is 1200 g/mol. The van der Waals surface area contributed by atoms with Gasteiger partial charge in [-0.15, -0.1) is 0 Å². The van der Waals surface area contributed by atoms with Gasteiger partial charge in [0.05, 0.1) is 38.6 Å². The van der Waals surface area contributed by atoms with Crippen LogP contribution in [0.15, 0.2) is 48.6 Å². The summed E-state index contributed by atoms with van der Waals surface area (Å²) in [4.78, 5) is 13.4. The van der Waals surface area contributed by atoms with Gasteiger partial charge in [-0.1, -0.05) is 274 Å². The Hall–Kier alpha value is -2.25. The molecule has 3 fully saturated rings. The summed E-state index contributed by atoms with van der Waals surface area (Å²) in [6.45, 7) is 1.72. The minimum absolute atomic E-state index is 0.246. The lowest BCUT2D eigenvalue weighted by Crippen LogP contribution is -2.66. The highest BCUT2D eigenvalue weighted by molar-refractivity contribution is 5.76. The van der Waals surface area contributed by atoms with E-state index in [0.29, 0.717) is 6.42 Å². The summed E-state index contributed by atoms with van der Waals surface area (Å²) in [5, 5.41) is 120. The predicted molar refractivity (Wildman–Crippen MR) is 369 cm³/mol. The lowest BCUT2D eigenvalue weighted by Gasteiger charge is -2.48. The van der Waals surface area contributed by atoms with Crippen molar-refractivity contribution in [2.75, 3.05) is 26.4 Å². The van der Waals surface area contributed by atoms with Crippen molar-refractivity contribution < 1.29 is 89.4 Å². The minimum atomic E-state index is -1.98. The van der Waals surface area contributed by atoms with Crippen molar-refractivity contribution in [1.29, 1.82) is 0 Å². The monoisotopic (exact) mass is 1340 g/mol. The van der Waals surface area contributed by atoms with E-state index in [9.17, 15) is 61.0 Å². The van der Waals surface area contributed by atoms with E-state index in [1.54, 1.807) is 6.08 Å². The second-order valence-corrected chi connectivity index (χ2v) is 27.1. The minimum Gasteiger partial charge on any atom is -0.394 e. The van der Waals surface area contributed by atoms with Crippen LogP contribution in [0.1, 0.15) is 290 Å². The molecule has 3 aliphatic rings. The van der Waals surface area contributed by atoms with E-state index in [-0.39, 0.29) is 18.9 Å². The highest BCUT2D eigenvalue weighted by atomic mass is 16.8. The lowest BCUT2D eigenvalue weighted by atomic mass is 9.96. The zero-order valence-corrected chi connectivity index (χ0v) is 58.4. The number of ether oxygens (including phenoxy) is 6. The third kappa shape index (κ3) is 37.3. The Bertz CT molecular complexity index is 1890. The van der Waals surface area contributed by atoms with Gasteiger partial charge in [0.1, 0.15) is 73.2 Å². The number of carbonyl (C=O) groups is 1. The lowest BCUT2D eigenvalue weighted by molar-refractivity contribution is -0.379.